The molecule has 1 fully saturated rings. The first-order valence-electron chi connectivity index (χ1n) is 7.91. The summed E-state index contributed by atoms with van der Waals surface area (Å²) in [7, 11) is 0. The zero-order valence-corrected chi connectivity index (χ0v) is 12.9. The largest absolute Gasteiger partial charge is 0.326 e. The van der Waals surface area contributed by atoms with E-state index in [4.69, 9.17) is 5.73 Å². The number of hydrogen-bond acceptors (Lipinski definition) is 3. The summed E-state index contributed by atoms with van der Waals surface area (Å²) < 4.78 is 0. The Morgan fingerprint density at radius 3 is 2.39 bits per heavy atom. The van der Waals surface area contributed by atoms with Gasteiger partial charge in [-0.05, 0) is 32.4 Å². The van der Waals surface area contributed by atoms with Gasteiger partial charge in [0.1, 0.15) is 0 Å². The van der Waals surface area contributed by atoms with Gasteiger partial charge in [-0.1, -0.05) is 34.1 Å². The zero-order chi connectivity index (χ0) is 13.5. The van der Waals surface area contributed by atoms with Crippen LogP contribution in [-0.2, 0) is 0 Å². The van der Waals surface area contributed by atoms with E-state index in [1.54, 1.807) is 0 Å². The van der Waals surface area contributed by atoms with E-state index in [-0.39, 0.29) is 0 Å². The maximum atomic E-state index is 6.35. The number of rotatable bonds is 8. The van der Waals surface area contributed by atoms with Crippen LogP contribution in [0.3, 0.4) is 0 Å². The minimum absolute atomic E-state index is 0.357. The van der Waals surface area contributed by atoms with Gasteiger partial charge < -0.3 is 5.73 Å². The second-order valence-corrected chi connectivity index (χ2v) is 5.59. The predicted molar refractivity (Wildman–Crippen MR) is 79.9 cm³/mol. The summed E-state index contributed by atoms with van der Waals surface area (Å²) in [6.07, 6.45) is 4.86. The van der Waals surface area contributed by atoms with Crippen molar-refractivity contribution < 1.29 is 0 Å². The van der Waals surface area contributed by atoms with Crippen molar-refractivity contribution in [3.8, 4) is 0 Å². The normalized spacial score (nSPS) is 24.7. The van der Waals surface area contributed by atoms with Crippen LogP contribution in [0.4, 0.5) is 0 Å². The van der Waals surface area contributed by atoms with Crippen molar-refractivity contribution >= 4 is 0 Å². The van der Waals surface area contributed by atoms with Crippen LogP contribution >= 0.6 is 0 Å². The van der Waals surface area contributed by atoms with Crippen molar-refractivity contribution in [3.63, 3.8) is 0 Å². The Morgan fingerprint density at radius 2 is 1.89 bits per heavy atom. The van der Waals surface area contributed by atoms with Gasteiger partial charge in [0.25, 0.3) is 0 Å². The Bertz CT molecular complexity index is 216. The lowest BCUT2D eigenvalue weighted by Gasteiger charge is -2.33. The van der Waals surface area contributed by atoms with E-state index in [0.29, 0.717) is 12.1 Å². The molecule has 1 heterocycles. The van der Waals surface area contributed by atoms with Gasteiger partial charge in [-0.3, -0.25) is 9.80 Å². The van der Waals surface area contributed by atoms with E-state index >= 15 is 0 Å². The van der Waals surface area contributed by atoms with Gasteiger partial charge in [0, 0.05) is 31.2 Å². The summed E-state index contributed by atoms with van der Waals surface area (Å²) in [5.74, 6) is 0. The van der Waals surface area contributed by atoms with Crippen molar-refractivity contribution in [1.29, 1.82) is 0 Å². The Kier molecular flexibility index (Phi) is 7.20. The molecule has 3 unspecified atom stereocenters. The second-order valence-electron chi connectivity index (χ2n) is 5.59. The standard InChI is InChI=1S/C15H33N3/c1-5-9-14(16)15(6-2)18-11-10-13(12-18)17(7-3)8-4/h13-15H,5-12,16H2,1-4H3. The molecule has 0 radical (unpaired) electrons. The highest BCUT2D eigenvalue weighted by atomic mass is 15.3. The quantitative estimate of drug-likeness (QED) is 0.722. The monoisotopic (exact) mass is 255 g/mol. The molecule has 3 heteroatoms. The van der Waals surface area contributed by atoms with Crippen molar-refractivity contribution in [2.45, 2.75) is 71.5 Å². The Labute approximate surface area is 114 Å². The first-order chi connectivity index (χ1) is 8.67. The molecule has 18 heavy (non-hydrogen) atoms. The minimum atomic E-state index is 0.357. The molecule has 0 aliphatic carbocycles. The Hall–Kier alpha value is -0.120. The van der Waals surface area contributed by atoms with Crippen molar-refractivity contribution in [3.05, 3.63) is 0 Å². The van der Waals surface area contributed by atoms with Crippen LogP contribution in [0, 0.1) is 0 Å². The van der Waals surface area contributed by atoms with Crippen LogP contribution in [0.25, 0.3) is 0 Å². The maximum absolute atomic E-state index is 6.35. The van der Waals surface area contributed by atoms with Crippen LogP contribution in [0.2, 0.25) is 0 Å². The van der Waals surface area contributed by atoms with Crippen LogP contribution in [0.5, 0.6) is 0 Å². The summed E-state index contributed by atoms with van der Waals surface area (Å²) in [6, 6.07) is 1.70. The van der Waals surface area contributed by atoms with Crippen molar-refractivity contribution in [1.82, 2.24) is 9.80 Å². The lowest BCUT2D eigenvalue weighted by atomic mass is 10.0. The average Bonchev–Trinajstić information content (AvgIpc) is 2.81. The number of nitrogens with zero attached hydrogens (tertiary/aromatic N) is 2. The molecule has 1 aliphatic rings. The van der Waals surface area contributed by atoms with Gasteiger partial charge >= 0.3 is 0 Å². The Morgan fingerprint density at radius 1 is 1.22 bits per heavy atom. The fraction of sp³-hybridized carbons (Fsp3) is 1.00. The first-order valence-corrected chi connectivity index (χ1v) is 7.91. The van der Waals surface area contributed by atoms with E-state index in [0.717, 1.165) is 12.5 Å². The third kappa shape index (κ3) is 3.94. The van der Waals surface area contributed by atoms with Gasteiger partial charge in [-0.25, -0.2) is 0 Å². The number of nitrogens with two attached hydrogens (primary N) is 1. The molecule has 2 N–H and O–H groups in total. The van der Waals surface area contributed by atoms with Crippen LogP contribution in [0.15, 0.2) is 0 Å². The molecule has 0 amide bonds. The third-order valence-corrected chi connectivity index (χ3v) is 4.53. The highest BCUT2D eigenvalue weighted by Gasteiger charge is 2.32. The first kappa shape index (κ1) is 15.9. The molecule has 3 nitrogen and oxygen atoms in total. The molecule has 0 bridgehead atoms. The van der Waals surface area contributed by atoms with Gasteiger partial charge in [-0.15, -0.1) is 0 Å². The van der Waals surface area contributed by atoms with Crippen molar-refractivity contribution in [2.75, 3.05) is 26.2 Å². The van der Waals surface area contributed by atoms with Gasteiger partial charge in [0.05, 0.1) is 0 Å². The molecule has 0 spiro atoms. The van der Waals surface area contributed by atoms with E-state index in [9.17, 15) is 0 Å². The molecule has 0 aromatic carbocycles. The molecule has 1 rings (SSSR count). The molecule has 108 valence electrons. The third-order valence-electron chi connectivity index (χ3n) is 4.53. The molecular formula is C15H33N3. The highest BCUT2D eigenvalue weighted by molar-refractivity contribution is 4.90. The molecule has 3 atom stereocenters. The summed E-state index contributed by atoms with van der Waals surface area (Å²) in [5.41, 5.74) is 6.35. The average molecular weight is 255 g/mol. The van der Waals surface area contributed by atoms with E-state index in [1.165, 1.54) is 45.4 Å². The molecule has 1 aliphatic heterocycles. The van der Waals surface area contributed by atoms with Crippen LogP contribution < -0.4 is 5.73 Å². The Balaban J connectivity index is 2.52. The molecule has 0 saturated carbocycles. The van der Waals surface area contributed by atoms with Gasteiger partial charge in [0.2, 0.25) is 0 Å². The van der Waals surface area contributed by atoms with Gasteiger partial charge in [0.15, 0.2) is 0 Å². The van der Waals surface area contributed by atoms with Crippen LogP contribution in [-0.4, -0.2) is 54.1 Å². The van der Waals surface area contributed by atoms with E-state index < -0.39 is 0 Å². The fourth-order valence-corrected chi connectivity index (χ4v) is 3.46. The lowest BCUT2D eigenvalue weighted by molar-refractivity contribution is 0.166. The van der Waals surface area contributed by atoms with Crippen molar-refractivity contribution in [2.24, 2.45) is 5.73 Å². The predicted octanol–water partition coefficient (Wildman–Crippen LogP) is 2.31. The minimum Gasteiger partial charge on any atom is -0.326 e. The summed E-state index contributed by atoms with van der Waals surface area (Å²) in [5, 5.41) is 0. The molecular weight excluding hydrogens is 222 g/mol. The van der Waals surface area contributed by atoms with E-state index in [2.05, 4.69) is 37.5 Å². The fourth-order valence-electron chi connectivity index (χ4n) is 3.46. The molecule has 0 aromatic heterocycles. The molecule has 0 aromatic rings. The van der Waals surface area contributed by atoms with Crippen LogP contribution in [0.1, 0.15) is 53.4 Å². The summed E-state index contributed by atoms with van der Waals surface area (Å²) in [6.45, 7) is 13.9. The van der Waals surface area contributed by atoms with Gasteiger partial charge in [-0.2, -0.15) is 0 Å². The highest BCUT2D eigenvalue weighted by Crippen LogP contribution is 2.21. The summed E-state index contributed by atoms with van der Waals surface area (Å²) >= 11 is 0. The zero-order valence-electron chi connectivity index (χ0n) is 12.9. The molecule has 1 saturated heterocycles. The van der Waals surface area contributed by atoms with E-state index in [1.807, 2.05) is 0 Å². The smallest absolute Gasteiger partial charge is 0.0245 e. The summed E-state index contributed by atoms with van der Waals surface area (Å²) in [4.78, 5) is 5.24. The number of likely N-dealkylation sites (N-methyl/N-ethyl adjacent to an activating group) is 1. The topological polar surface area (TPSA) is 32.5 Å². The SMILES string of the molecule is CCCC(N)C(CC)N1CCC(N(CC)CC)C1. The maximum Gasteiger partial charge on any atom is 0.0245 e. The lowest BCUT2D eigenvalue weighted by Crippen LogP contribution is -2.48. The number of likely N-dealkylation sites (tertiary alicyclic amines) is 1. The number of hydrogen-bond donors (Lipinski definition) is 1. The second kappa shape index (κ2) is 8.13.